The number of Topliss-reactive ketones (excluding diaryl/α,β-unsaturated/α-hetero) is 1. The Balaban J connectivity index is 1.90. The summed E-state index contributed by atoms with van der Waals surface area (Å²) in [6.45, 7) is 5.37. The molecule has 0 aliphatic carbocycles. The van der Waals surface area contributed by atoms with E-state index in [1.54, 1.807) is 48.7 Å². The first-order chi connectivity index (χ1) is 11.9. The van der Waals surface area contributed by atoms with E-state index >= 15 is 0 Å². The highest BCUT2D eigenvalue weighted by Gasteiger charge is 2.24. The normalized spacial score (nSPS) is 10.7. The van der Waals surface area contributed by atoms with Crippen LogP contribution in [0.25, 0.3) is 5.69 Å². The van der Waals surface area contributed by atoms with Crippen molar-refractivity contribution < 1.29 is 9.59 Å². The highest BCUT2D eigenvalue weighted by atomic mass is 16.2. The molecule has 0 spiro atoms. The fourth-order valence-corrected chi connectivity index (χ4v) is 2.62. The van der Waals surface area contributed by atoms with Crippen LogP contribution >= 0.6 is 0 Å². The van der Waals surface area contributed by atoms with E-state index in [2.05, 4.69) is 20.5 Å². The van der Waals surface area contributed by atoms with Crippen LogP contribution in [0.3, 0.4) is 0 Å². The number of aromatic nitrogens is 5. The Morgan fingerprint density at radius 1 is 1.16 bits per heavy atom. The van der Waals surface area contributed by atoms with Gasteiger partial charge in [0.1, 0.15) is 0 Å². The molecule has 0 saturated heterocycles. The average molecular weight is 338 g/mol. The summed E-state index contributed by atoms with van der Waals surface area (Å²) in [7, 11) is 1.73. The molecule has 0 unspecified atom stereocenters. The molecule has 3 aromatic heterocycles. The minimum atomic E-state index is -0.739. The van der Waals surface area contributed by atoms with Crippen molar-refractivity contribution in [2.75, 3.05) is 5.32 Å². The molecule has 3 heterocycles. The maximum absolute atomic E-state index is 12.5. The Morgan fingerprint density at radius 2 is 1.92 bits per heavy atom. The largest absolute Gasteiger partial charge is 0.316 e. The number of hydrogen-bond donors (Lipinski definition) is 1. The summed E-state index contributed by atoms with van der Waals surface area (Å²) >= 11 is 0. The quantitative estimate of drug-likeness (QED) is 0.578. The zero-order valence-corrected chi connectivity index (χ0v) is 14.4. The van der Waals surface area contributed by atoms with E-state index in [0.29, 0.717) is 28.3 Å². The van der Waals surface area contributed by atoms with Crippen molar-refractivity contribution in [3.05, 3.63) is 53.4 Å². The lowest BCUT2D eigenvalue weighted by Gasteiger charge is -2.10. The Kier molecular flexibility index (Phi) is 4.18. The third-order valence-corrected chi connectivity index (χ3v) is 3.95. The minimum absolute atomic E-state index is 0.320. The maximum atomic E-state index is 12.5. The van der Waals surface area contributed by atoms with Crippen LogP contribution in [0.1, 0.15) is 27.3 Å². The zero-order valence-electron chi connectivity index (χ0n) is 14.4. The summed E-state index contributed by atoms with van der Waals surface area (Å²) < 4.78 is 3.20. The smallest absolute Gasteiger partial charge is 0.297 e. The van der Waals surface area contributed by atoms with Crippen LogP contribution in [0.2, 0.25) is 0 Å². The number of ketones is 1. The van der Waals surface area contributed by atoms with Gasteiger partial charge in [-0.05, 0) is 32.4 Å². The van der Waals surface area contributed by atoms with Gasteiger partial charge in [0, 0.05) is 25.1 Å². The number of carbonyl (C=O) groups excluding carboxylic acids is 2. The second kappa shape index (κ2) is 6.31. The minimum Gasteiger partial charge on any atom is -0.316 e. The lowest BCUT2D eigenvalue weighted by Crippen LogP contribution is -2.24. The molecule has 3 rings (SSSR count). The molecule has 0 aliphatic rings. The van der Waals surface area contributed by atoms with Gasteiger partial charge in [-0.1, -0.05) is 0 Å². The second-order valence-electron chi connectivity index (χ2n) is 5.81. The molecule has 128 valence electrons. The number of pyridine rings is 1. The summed E-state index contributed by atoms with van der Waals surface area (Å²) in [6, 6.07) is 1.72. The molecule has 0 bridgehead atoms. The first-order valence-electron chi connectivity index (χ1n) is 7.70. The van der Waals surface area contributed by atoms with E-state index in [9.17, 15) is 9.59 Å². The van der Waals surface area contributed by atoms with Gasteiger partial charge in [0.2, 0.25) is 0 Å². The second-order valence-corrected chi connectivity index (χ2v) is 5.81. The van der Waals surface area contributed by atoms with Gasteiger partial charge in [-0.15, -0.1) is 0 Å². The summed E-state index contributed by atoms with van der Waals surface area (Å²) in [5.74, 6) is -1.37. The Hall–Kier alpha value is -3.29. The lowest BCUT2D eigenvalue weighted by atomic mass is 10.1. The van der Waals surface area contributed by atoms with Crippen LogP contribution in [0.15, 0.2) is 30.9 Å². The lowest BCUT2D eigenvalue weighted by molar-refractivity contribution is -0.112. The van der Waals surface area contributed by atoms with Crippen molar-refractivity contribution in [3.63, 3.8) is 0 Å². The number of rotatable bonds is 4. The molecule has 25 heavy (non-hydrogen) atoms. The topological polar surface area (TPSA) is 94.7 Å². The summed E-state index contributed by atoms with van der Waals surface area (Å²) in [4.78, 5) is 29.0. The van der Waals surface area contributed by atoms with Gasteiger partial charge in [-0.2, -0.15) is 10.2 Å². The molecule has 8 heteroatoms. The van der Waals surface area contributed by atoms with E-state index < -0.39 is 11.7 Å². The standard InChI is InChI=1S/C17H18N6O2/c1-10-7-19-23(9-10)14-5-6-18-8-13(14)20-17(25)16(24)15-11(2)21-22(4)12(15)3/h5-9H,1-4H3,(H,20,25). The number of hydrogen-bond acceptors (Lipinski definition) is 5. The van der Waals surface area contributed by atoms with Crippen molar-refractivity contribution in [3.8, 4) is 5.69 Å². The number of amides is 1. The highest BCUT2D eigenvalue weighted by Crippen LogP contribution is 2.20. The van der Waals surface area contributed by atoms with Gasteiger partial charge < -0.3 is 5.32 Å². The molecule has 0 saturated carbocycles. The first-order valence-corrected chi connectivity index (χ1v) is 7.70. The fourth-order valence-electron chi connectivity index (χ4n) is 2.62. The highest BCUT2D eigenvalue weighted by molar-refractivity contribution is 6.47. The van der Waals surface area contributed by atoms with Crippen LogP contribution in [0.5, 0.6) is 0 Å². The summed E-state index contributed by atoms with van der Waals surface area (Å²) in [5.41, 5.74) is 3.50. The van der Waals surface area contributed by atoms with E-state index in [0.717, 1.165) is 5.56 Å². The summed E-state index contributed by atoms with van der Waals surface area (Å²) in [5, 5.41) is 11.0. The van der Waals surface area contributed by atoms with Crippen LogP contribution in [0, 0.1) is 20.8 Å². The Bertz CT molecular complexity index is 969. The predicted octanol–water partition coefficient (Wildman–Crippen LogP) is 1.75. The molecule has 8 nitrogen and oxygen atoms in total. The van der Waals surface area contributed by atoms with Crippen molar-refractivity contribution in [2.24, 2.45) is 7.05 Å². The Morgan fingerprint density at radius 3 is 2.52 bits per heavy atom. The van der Waals surface area contributed by atoms with Crippen molar-refractivity contribution in [1.29, 1.82) is 0 Å². The summed E-state index contributed by atoms with van der Waals surface area (Å²) in [6.07, 6.45) is 6.61. The van der Waals surface area contributed by atoms with Crippen LogP contribution in [-0.4, -0.2) is 36.2 Å². The molecule has 1 amide bonds. The van der Waals surface area contributed by atoms with Crippen molar-refractivity contribution in [1.82, 2.24) is 24.5 Å². The molecule has 1 N–H and O–H groups in total. The number of nitrogens with one attached hydrogen (secondary N) is 1. The average Bonchev–Trinajstić information content (AvgIpc) is 3.11. The number of nitrogens with zero attached hydrogens (tertiary/aromatic N) is 5. The van der Waals surface area contributed by atoms with Gasteiger partial charge in [0.05, 0.1) is 35.0 Å². The molecule has 0 radical (unpaired) electrons. The molecule has 0 atom stereocenters. The van der Waals surface area contributed by atoms with Gasteiger partial charge in [0.15, 0.2) is 0 Å². The van der Waals surface area contributed by atoms with Gasteiger partial charge >= 0.3 is 0 Å². The number of carbonyl (C=O) groups is 2. The van der Waals surface area contributed by atoms with Gasteiger partial charge in [-0.3, -0.25) is 19.3 Å². The van der Waals surface area contributed by atoms with Crippen molar-refractivity contribution in [2.45, 2.75) is 20.8 Å². The molecule has 0 fully saturated rings. The van der Waals surface area contributed by atoms with Crippen molar-refractivity contribution >= 4 is 17.4 Å². The fraction of sp³-hybridized carbons (Fsp3) is 0.235. The van der Waals surface area contributed by atoms with E-state index in [1.165, 1.54) is 6.20 Å². The molecule has 0 aromatic carbocycles. The van der Waals surface area contributed by atoms with E-state index in [4.69, 9.17) is 0 Å². The van der Waals surface area contributed by atoms with Crippen LogP contribution in [0.4, 0.5) is 5.69 Å². The molecule has 0 aliphatic heterocycles. The van der Waals surface area contributed by atoms with Gasteiger partial charge in [-0.25, -0.2) is 4.68 Å². The van der Waals surface area contributed by atoms with Gasteiger partial charge in [0.25, 0.3) is 11.7 Å². The van der Waals surface area contributed by atoms with Crippen LogP contribution < -0.4 is 5.32 Å². The molecule has 3 aromatic rings. The third-order valence-electron chi connectivity index (χ3n) is 3.95. The molecular weight excluding hydrogens is 320 g/mol. The number of anilines is 1. The van der Waals surface area contributed by atoms with E-state index in [-0.39, 0.29) is 0 Å². The van der Waals surface area contributed by atoms with Crippen LogP contribution in [-0.2, 0) is 11.8 Å². The monoisotopic (exact) mass is 338 g/mol. The Labute approximate surface area is 144 Å². The zero-order chi connectivity index (χ0) is 18.1. The third kappa shape index (κ3) is 3.06. The maximum Gasteiger partial charge on any atom is 0.297 e. The molecular formula is C17H18N6O2. The first kappa shape index (κ1) is 16.6. The van der Waals surface area contributed by atoms with E-state index in [1.807, 2.05) is 13.1 Å². The SMILES string of the molecule is Cc1cnn(-c2ccncc2NC(=O)C(=O)c2c(C)nn(C)c2C)c1. The number of aryl methyl sites for hydroxylation is 3. The predicted molar refractivity (Wildman–Crippen MR) is 91.7 cm³/mol.